The van der Waals surface area contributed by atoms with Gasteiger partial charge in [0.05, 0.1) is 0 Å². The molecule has 1 aliphatic rings. The highest BCUT2D eigenvalue weighted by atomic mass is 79.9. The fourth-order valence-corrected chi connectivity index (χ4v) is 3.08. The van der Waals surface area contributed by atoms with Gasteiger partial charge >= 0.3 is 0 Å². The van der Waals surface area contributed by atoms with E-state index in [-0.39, 0.29) is 5.82 Å². The number of hydrogen-bond donors (Lipinski definition) is 0. The third-order valence-electron chi connectivity index (χ3n) is 2.99. The number of benzene rings is 1. The van der Waals surface area contributed by atoms with Gasteiger partial charge in [0.15, 0.2) is 0 Å². The first-order valence-corrected chi connectivity index (χ1v) is 6.77. The average Bonchev–Trinajstić information content (AvgIpc) is 2.63. The van der Waals surface area contributed by atoms with Gasteiger partial charge in [-0.15, -0.1) is 11.6 Å². The second kappa shape index (κ2) is 5.48. The van der Waals surface area contributed by atoms with Gasteiger partial charge in [0.1, 0.15) is 5.82 Å². The smallest absolute Gasteiger partial charge is 0.124 e. The quantitative estimate of drug-likeness (QED) is 0.768. The Morgan fingerprint density at radius 1 is 1.44 bits per heavy atom. The van der Waals surface area contributed by atoms with E-state index in [9.17, 15) is 4.39 Å². The third-order valence-corrected chi connectivity index (χ3v) is 3.80. The predicted molar refractivity (Wildman–Crippen MR) is 68.3 cm³/mol. The summed E-state index contributed by atoms with van der Waals surface area (Å²) in [6.07, 6.45) is 2.34. The second-order valence-electron chi connectivity index (χ2n) is 4.20. The van der Waals surface area contributed by atoms with Gasteiger partial charge in [-0.1, -0.05) is 15.9 Å². The molecular formula is C12H14BrClFN. The molecule has 0 aliphatic carbocycles. The van der Waals surface area contributed by atoms with Gasteiger partial charge in [0.25, 0.3) is 0 Å². The lowest BCUT2D eigenvalue weighted by atomic mass is 10.2. The molecule has 0 amide bonds. The number of alkyl halides is 1. The Balaban J connectivity index is 2.08. The minimum atomic E-state index is -0.189. The van der Waals surface area contributed by atoms with Crippen LogP contribution in [-0.2, 0) is 6.54 Å². The van der Waals surface area contributed by atoms with Gasteiger partial charge in [-0.3, -0.25) is 4.90 Å². The molecule has 0 N–H and O–H groups in total. The summed E-state index contributed by atoms with van der Waals surface area (Å²) in [5.41, 5.74) is 1.00. The van der Waals surface area contributed by atoms with Crippen molar-refractivity contribution in [3.05, 3.63) is 34.1 Å². The fourth-order valence-electron chi connectivity index (χ4n) is 2.21. The van der Waals surface area contributed by atoms with Crippen molar-refractivity contribution < 1.29 is 4.39 Å². The molecule has 1 fully saturated rings. The van der Waals surface area contributed by atoms with Crippen LogP contribution in [0.1, 0.15) is 18.4 Å². The summed E-state index contributed by atoms with van der Waals surface area (Å²) in [7, 11) is 0. The molecule has 2 rings (SSSR count). The van der Waals surface area contributed by atoms with E-state index in [1.54, 1.807) is 6.07 Å². The van der Waals surface area contributed by atoms with E-state index in [1.165, 1.54) is 12.5 Å². The van der Waals surface area contributed by atoms with E-state index in [2.05, 4.69) is 20.8 Å². The maximum absolute atomic E-state index is 13.2. The molecule has 16 heavy (non-hydrogen) atoms. The highest BCUT2D eigenvalue weighted by Gasteiger charge is 2.23. The molecule has 1 nitrogen and oxygen atoms in total. The molecule has 0 aromatic heterocycles. The lowest BCUT2D eigenvalue weighted by Gasteiger charge is -2.22. The molecule has 1 aromatic carbocycles. The zero-order valence-corrected chi connectivity index (χ0v) is 11.3. The molecule has 1 aromatic rings. The lowest BCUT2D eigenvalue weighted by Crippen LogP contribution is -2.30. The van der Waals surface area contributed by atoms with Crippen molar-refractivity contribution in [1.29, 1.82) is 0 Å². The van der Waals surface area contributed by atoms with Crippen LogP contribution in [0.25, 0.3) is 0 Å². The van der Waals surface area contributed by atoms with Crippen LogP contribution in [0, 0.1) is 5.82 Å². The zero-order chi connectivity index (χ0) is 11.5. The monoisotopic (exact) mass is 305 g/mol. The fraction of sp³-hybridized carbons (Fsp3) is 0.500. The Bertz CT molecular complexity index is 352. The first-order valence-electron chi connectivity index (χ1n) is 5.44. The molecule has 0 spiro atoms. The lowest BCUT2D eigenvalue weighted by molar-refractivity contribution is 0.262. The van der Waals surface area contributed by atoms with E-state index < -0.39 is 0 Å². The van der Waals surface area contributed by atoms with Crippen molar-refractivity contribution in [2.75, 3.05) is 12.4 Å². The van der Waals surface area contributed by atoms with Gasteiger partial charge in [-0.2, -0.15) is 0 Å². The molecule has 88 valence electrons. The topological polar surface area (TPSA) is 3.24 Å². The van der Waals surface area contributed by atoms with Crippen molar-refractivity contribution in [2.24, 2.45) is 0 Å². The van der Waals surface area contributed by atoms with E-state index in [0.717, 1.165) is 29.5 Å². The summed E-state index contributed by atoms with van der Waals surface area (Å²) >= 11 is 9.22. The largest absolute Gasteiger partial charge is 0.295 e. The van der Waals surface area contributed by atoms with Gasteiger partial charge in [-0.25, -0.2) is 4.39 Å². The summed E-state index contributed by atoms with van der Waals surface area (Å²) in [4.78, 5) is 2.33. The van der Waals surface area contributed by atoms with Gasteiger partial charge in [0.2, 0.25) is 0 Å². The Morgan fingerprint density at radius 2 is 2.25 bits per heavy atom. The van der Waals surface area contributed by atoms with Gasteiger partial charge in [0, 0.05) is 22.9 Å². The van der Waals surface area contributed by atoms with Crippen molar-refractivity contribution >= 4 is 27.5 Å². The molecule has 4 heteroatoms. The molecular weight excluding hydrogens is 292 g/mol. The Morgan fingerprint density at radius 3 is 2.94 bits per heavy atom. The van der Waals surface area contributed by atoms with Crippen molar-refractivity contribution in [1.82, 2.24) is 4.90 Å². The van der Waals surface area contributed by atoms with Crippen LogP contribution < -0.4 is 0 Å². The van der Waals surface area contributed by atoms with E-state index in [0.29, 0.717) is 11.9 Å². The maximum Gasteiger partial charge on any atom is 0.124 e. The molecule has 0 saturated carbocycles. The van der Waals surface area contributed by atoms with Gasteiger partial charge in [-0.05, 0) is 43.1 Å². The van der Waals surface area contributed by atoms with E-state index >= 15 is 0 Å². The van der Waals surface area contributed by atoms with Crippen LogP contribution in [0.4, 0.5) is 4.39 Å². The van der Waals surface area contributed by atoms with Crippen LogP contribution in [0.2, 0.25) is 0 Å². The maximum atomic E-state index is 13.2. The number of nitrogens with zero attached hydrogens (tertiary/aromatic N) is 1. The van der Waals surface area contributed by atoms with Crippen molar-refractivity contribution in [3.63, 3.8) is 0 Å². The van der Waals surface area contributed by atoms with E-state index in [1.807, 2.05) is 6.07 Å². The molecule has 1 aliphatic heterocycles. The molecule has 1 atom stereocenters. The standard InChI is InChI=1S/C12H14BrClFN/c13-10-4-9(5-11(15)6-10)8-16-3-1-2-12(16)7-14/h4-6,12H,1-3,7-8H2. The highest BCUT2D eigenvalue weighted by molar-refractivity contribution is 9.10. The SMILES string of the molecule is Fc1cc(Br)cc(CN2CCCC2CCl)c1. The van der Waals surface area contributed by atoms with Crippen LogP contribution in [-0.4, -0.2) is 23.4 Å². The number of hydrogen-bond acceptors (Lipinski definition) is 1. The van der Waals surface area contributed by atoms with Crippen molar-refractivity contribution in [3.8, 4) is 0 Å². The molecule has 0 bridgehead atoms. The summed E-state index contributed by atoms with van der Waals surface area (Å²) < 4.78 is 14.0. The van der Waals surface area contributed by atoms with Crippen LogP contribution in [0.15, 0.2) is 22.7 Å². The van der Waals surface area contributed by atoms with Crippen molar-refractivity contribution in [2.45, 2.75) is 25.4 Å². The van der Waals surface area contributed by atoms with Crippen LogP contribution >= 0.6 is 27.5 Å². The zero-order valence-electron chi connectivity index (χ0n) is 8.93. The Kier molecular flexibility index (Phi) is 4.22. The highest BCUT2D eigenvalue weighted by Crippen LogP contribution is 2.23. The first kappa shape index (κ1) is 12.3. The minimum absolute atomic E-state index is 0.189. The second-order valence-corrected chi connectivity index (χ2v) is 5.42. The Labute approximate surface area is 109 Å². The Hall–Kier alpha value is -0.120. The number of rotatable bonds is 3. The first-order chi connectivity index (χ1) is 7.69. The molecule has 1 saturated heterocycles. The summed E-state index contributed by atoms with van der Waals surface area (Å²) in [6.45, 7) is 1.85. The third kappa shape index (κ3) is 2.96. The number of halogens is 3. The normalized spacial score (nSPS) is 21.6. The summed E-state index contributed by atoms with van der Waals surface area (Å²) in [5, 5.41) is 0. The number of likely N-dealkylation sites (tertiary alicyclic amines) is 1. The minimum Gasteiger partial charge on any atom is -0.295 e. The van der Waals surface area contributed by atoms with Gasteiger partial charge < -0.3 is 0 Å². The summed E-state index contributed by atoms with van der Waals surface area (Å²) in [5.74, 6) is 0.474. The molecule has 1 heterocycles. The van der Waals surface area contributed by atoms with Crippen LogP contribution in [0.3, 0.4) is 0 Å². The molecule has 0 radical (unpaired) electrons. The predicted octanol–water partition coefficient (Wildman–Crippen LogP) is 3.79. The molecule has 1 unspecified atom stereocenters. The summed E-state index contributed by atoms with van der Waals surface area (Å²) in [6, 6.07) is 5.48. The average molecular weight is 307 g/mol. The van der Waals surface area contributed by atoms with E-state index in [4.69, 9.17) is 11.6 Å². The van der Waals surface area contributed by atoms with Crippen LogP contribution in [0.5, 0.6) is 0 Å².